The molecule has 3 aromatic carbocycles. The van der Waals surface area contributed by atoms with Crippen LogP contribution >= 0.6 is 22.9 Å². The lowest BCUT2D eigenvalue weighted by Crippen LogP contribution is -2.38. The lowest BCUT2D eigenvalue weighted by Gasteiger charge is -2.25. The van der Waals surface area contributed by atoms with Crippen LogP contribution in [0.4, 0.5) is 0 Å². The molecule has 0 spiro atoms. The lowest BCUT2D eigenvalue weighted by molar-refractivity contribution is 0.0528. The van der Waals surface area contributed by atoms with Crippen LogP contribution in [0, 0.1) is 0 Å². The number of aromatic nitrogens is 2. The first-order valence-corrected chi connectivity index (χ1v) is 14.2. The van der Waals surface area contributed by atoms with E-state index in [4.69, 9.17) is 21.3 Å². The van der Waals surface area contributed by atoms with Crippen LogP contribution in [-0.4, -0.2) is 46.0 Å². The van der Waals surface area contributed by atoms with Crippen molar-refractivity contribution in [1.29, 1.82) is 0 Å². The van der Waals surface area contributed by atoms with Gasteiger partial charge in [-0.3, -0.25) is 9.20 Å². The summed E-state index contributed by atoms with van der Waals surface area (Å²) in [5.41, 5.74) is 6.03. The fraction of sp³-hybridized carbons (Fsp3) is 0.226. The van der Waals surface area contributed by atoms with E-state index in [-0.39, 0.29) is 12.0 Å². The number of hydrogen-bond donors (Lipinski definition) is 0. The van der Waals surface area contributed by atoms with E-state index >= 15 is 0 Å². The van der Waals surface area contributed by atoms with Crippen molar-refractivity contribution < 1.29 is 9.53 Å². The number of hydrogen-bond acceptors (Lipinski definition) is 4. The number of rotatable bonds is 8. The van der Waals surface area contributed by atoms with E-state index in [9.17, 15) is 4.79 Å². The first-order chi connectivity index (χ1) is 18.6. The lowest BCUT2D eigenvalue weighted by atomic mass is 10.0. The monoisotopic (exact) mass is 541 g/mol. The molecule has 5 aromatic rings. The molecular formula is C31H28ClN3O2S. The maximum atomic E-state index is 13.7. The summed E-state index contributed by atoms with van der Waals surface area (Å²) in [4.78, 5) is 21.4. The summed E-state index contributed by atoms with van der Waals surface area (Å²) in [6, 6.07) is 25.9. The molecule has 0 N–H and O–H groups in total. The van der Waals surface area contributed by atoms with Crippen molar-refractivity contribution in [3.8, 4) is 22.4 Å². The van der Waals surface area contributed by atoms with E-state index in [1.807, 2.05) is 71.6 Å². The molecule has 192 valence electrons. The first kappa shape index (κ1) is 24.9. The molecule has 1 unspecified atom stereocenters. The molecule has 7 heteroatoms. The average Bonchev–Trinajstić information content (AvgIpc) is 3.70. The van der Waals surface area contributed by atoms with Crippen LogP contribution in [0.5, 0.6) is 0 Å². The van der Waals surface area contributed by atoms with Gasteiger partial charge in [-0.2, -0.15) is 0 Å². The van der Waals surface area contributed by atoms with Crippen molar-refractivity contribution in [2.24, 2.45) is 0 Å². The van der Waals surface area contributed by atoms with Gasteiger partial charge in [-0.15, -0.1) is 11.3 Å². The Morgan fingerprint density at radius 2 is 1.74 bits per heavy atom. The summed E-state index contributed by atoms with van der Waals surface area (Å²) in [6.45, 7) is 1.98. The molecule has 1 amide bonds. The van der Waals surface area contributed by atoms with E-state index in [2.05, 4.69) is 28.1 Å². The summed E-state index contributed by atoms with van der Waals surface area (Å²) in [5.74, 6) is 0.0408. The molecule has 1 fully saturated rings. The SMILES string of the molecule is O=C(c1ccc(-c2ccccc2)cc1)N(CCc1csc2nc(-c3ccc(Cl)cc3)cn12)CC1CCCO1. The standard InChI is InChI=1S/C31H28ClN3O2S/c32-26-14-12-24(13-15-26)29-20-35-27(21-38-31(35)33-29)16-17-34(19-28-7-4-18-37-28)30(36)25-10-8-23(9-11-25)22-5-2-1-3-6-22/h1-3,5-6,8-15,20-21,28H,4,7,16-19H2. The number of nitrogens with zero attached hydrogens (tertiary/aromatic N) is 3. The number of fused-ring (bicyclic) bond motifs is 1. The van der Waals surface area contributed by atoms with Crippen molar-refractivity contribution >= 4 is 33.8 Å². The van der Waals surface area contributed by atoms with Crippen LogP contribution in [0.3, 0.4) is 0 Å². The minimum Gasteiger partial charge on any atom is -0.376 e. The Morgan fingerprint density at radius 1 is 1.00 bits per heavy atom. The van der Waals surface area contributed by atoms with Gasteiger partial charge in [-0.1, -0.05) is 66.2 Å². The Labute approximate surface area is 231 Å². The minimum absolute atomic E-state index is 0.0408. The Kier molecular flexibility index (Phi) is 7.27. The van der Waals surface area contributed by atoms with Crippen molar-refractivity contribution in [2.75, 3.05) is 19.7 Å². The summed E-state index contributed by atoms with van der Waals surface area (Å²) in [6.07, 6.45) is 4.93. The van der Waals surface area contributed by atoms with Crippen LogP contribution in [0.2, 0.25) is 5.02 Å². The van der Waals surface area contributed by atoms with Crippen molar-refractivity contribution in [2.45, 2.75) is 25.4 Å². The van der Waals surface area contributed by atoms with Crippen LogP contribution in [-0.2, 0) is 11.2 Å². The topological polar surface area (TPSA) is 46.8 Å². The van der Waals surface area contributed by atoms with Gasteiger partial charge in [0.25, 0.3) is 5.91 Å². The second kappa shape index (κ2) is 11.1. The molecule has 3 heterocycles. The van der Waals surface area contributed by atoms with E-state index in [0.29, 0.717) is 23.7 Å². The van der Waals surface area contributed by atoms with Crippen LogP contribution in [0.25, 0.3) is 27.3 Å². The Bertz CT molecular complexity index is 1520. The smallest absolute Gasteiger partial charge is 0.253 e. The van der Waals surface area contributed by atoms with Crippen LogP contribution in [0.1, 0.15) is 28.9 Å². The molecule has 1 atom stereocenters. The van der Waals surface area contributed by atoms with E-state index < -0.39 is 0 Å². The number of amides is 1. The predicted molar refractivity (Wildman–Crippen MR) is 154 cm³/mol. The van der Waals surface area contributed by atoms with Gasteiger partial charge in [0.2, 0.25) is 0 Å². The molecular weight excluding hydrogens is 514 g/mol. The van der Waals surface area contributed by atoms with Gasteiger partial charge in [-0.25, -0.2) is 4.98 Å². The largest absolute Gasteiger partial charge is 0.376 e. The highest BCUT2D eigenvalue weighted by atomic mass is 35.5. The third-order valence-electron chi connectivity index (χ3n) is 7.04. The fourth-order valence-corrected chi connectivity index (χ4v) is 5.98. The summed E-state index contributed by atoms with van der Waals surface area (Å²) in [5, 5.41) is 2.85. The van der Waals surface area contributed by atoms with E-state index in [0.717, 1.165) is 58.9 Å². The minimum atomic E-state index is 0.0408. The number of carbonyl (C=O) groups excluding carboxylic acids is 1. The molecule has 0 radical (unpaired) electrons. The fourth-order valence-electron chi connectivity index (χ4n) is 4.95. The van der Waals surface area contributed by atoms with Gasteiger partial charge in [-0.05, 0) is 48.2 Å². The second-order valence-corrected chi connectivity index (χ2v) is 10.9. The molecule has 0 saturated carbocycles. The molecule has 1 saturated heterocycles. The zero-order valence-electron chi connectivity index (χ0n) is 20.9. The number of halogens is 1. The predicted octanol–water partition coefficient (Wildman–Crippen LogP) is 7.25. The normalized spacial score (nSPS) is 15.2. The highest BCUT2D eigenvalue weighted by molar-refractivity contribution is 7.15. The van der Waals surface area contributed by atoms with Crippen LogP contribution in [0.15, 0.2) is 90.4 Å². The third-order valence-corrected chi connectivity index (χ3v) is 8.18. The zero-order valence-corrected chi connectivity index (χ0v) is 22.5. The van der Waals surface area contributed by atoms with Gasteiger partial charge in [0.1, 0.15) is 0 Å². The van der Waals surface area contributed by atoms with Crippen molar-refractivity contribution in [3.05, 3.63) is 107 Å². The van der Waals surface area contributed by atoms with E-state index in [1.54, 1.807) is 11.3 Å². The molecule has 38 heavy (non-hydrogen) atoms. The van der Waals surface area contributed by atoms with Gasteiger partial charge in [0, 0.05) is 59.5 Å². The third kappa shape index (κ3) is 5.39. The number of carbonyl (C=O) groups is 1. The molecule has 6 rings (SSSR count). The quantitative estimate of drug-likeness (QED) is 0.208. The molecule has 0 bridgehead atoms. The Hall–Kier alpha value is -3.45. The summed E-state index contributed by atoms with van der Waals surface area (Å²) >= 11 is 7.67. The highest BCUT2D eigenvalue weighted by Gasteiger charge is 2.24. The maximum absolute atomic E-state index is 13.7. The first-order valence-electron chi connectivity index (χ1n) is 12.9. The van der Waals surface area contributed by atoms with Gasteiger partial charge >= 0.3 is 0 Å². The van der Waals surface area contributed by atoms with Gasteiger partial charge in [0.05, 0.1) is 11.8 Å². The van der Waals surface area contributed by atoms with Crippen LogP contribution < -0.4 is 0 Å². The van der Waals surface area contributed by atoms with Crippen molar-refractivity contribution in [3.63, 3.8) is 0 Å². The molecule has 2 aromatic heterocycles. The summed E-state index contributed by atoms with van der Waals surface area (Å²) in [7, 11) is 0. The number of ether oxygens (including phenoxy) is 1. The second-order valence-electron chi connectivity index (χ2n) is 9.59. The molecule has 1 aliphatic heterocycles. The Balaban J connectivity index is 1.20. The summed E-state index contributed by atoms with van der Waals surface area (Å²) < 4.78 is 8.03. The number of imidazole rings is 1. The molecule has 5 nitrogen and oxygen atoms in total. The number of benzene rings is 3. The maximum Gasteiger partial charge on any atom is 0.253 e. The molecule has 1 aliphatic rings. The van der Waals surface area contributed by atoms with E-state index in [1.165, 1.54) is 0 Å². The zero-order chi connectivity index (χ0) is 25.9. The van der Waals surface area contributed by atoms with Gasteiger partial charge < -0.3 is 9.64 Å². The highest BCUT2D eigenvalue weighted by Crippen LogP contribution is 2.26. The number of thiazole rings is 1. The van der Waals surface area contributed by atoms with Gasteiger partial charge in [0.15, 0.2) is 4.96 Å². The average molecular weight is 542 g/mol. The van der Waals surface area contributed by atoms with Crippen molar-refractivity contribution in [1.82, 2.24) is 14.3 Å². The molecule has 0 aliphatic carbocycles. The Morgan fingerprint density at radius 3 is 2.47 bits per heavy atom.